The lowest BCUT2D eigenvalue weighted by Crippen LogP contribution is -2.30. The molecule has 4 rings (SSSR count). The number of rotatable bonds is 9. The minimum Gasteiger partial charge on any atom is -0.449 e. The molecule has 0 aromatic heterocycles. The highest BCUT2D eigenvalue weighted by molar-refractivity contribution is 5.82. The van der Waals surface area contributed by atoms with Crippen LogP contribution in [0, 0.1) is 0 Å². The van der Waals surface area contributed by atoms with E-state index in [0.29, 0.717) is 12.6 Å². The summed E-state index contributed by atoms with van der Waals surface area (Å²) in [5.74, 6) is -0.0531. The highest BCUT2D eigenvalue weighted by Gasteiger charge is 2.29. The van der Waals surface area contributed by atoms with Crippen molar-refractivity contribution in [3.8, 4) is 11.1 Å². The summed E-state index contributed by atoms with van der Waals surface area (Å²) >= 11 is 0. The number of aliphatic hydroxyl groups is 2. The molecule has 0 bridgehead atoms. The second kappa shape index (κ2) is 10.4. The number of nitrogens with one attached hydrogen (secondary N) is 1. The number of aliphatic hydroxyl groups excluding tert-OH is 2. The van der Waals surface area contributed by atoms with Gasteiger partial charge in [-0.1, -0.05) is 48.5 Å². The van der Waals surface area contributed by atoms with E-state index in [9.17, 15) is 24.6 Å². The Balaban J connectivity index is 1.30. The lowest BCUT2D eigenvalue weighted by Gasteiger charge is -2.19. The summed E-state index contributed by atoms with van der Waals surface area (Å²) in [7, 11) is 0. The van der Waals surface area contributed by atoms with Crippen molar-refractivity contribution in [1.82, 2.24) is 5.32 Å². The summed E-state index contributed by atoms with van der Waals surface area (Å²) in [6, 6.07) is 20.3. The molecular weight excluding hydrogens is 434 g/mol. The van der Waals surface area contributed by atoms with Crippen molar-refractivity contribution in [1.29, 1.82) is 0 Å². The first-order chi connectivity index (χ1) is 16.5. The molecule has 2 atom stereocenters. The molecule has 7 nitrogen and oxygen atoms in total. The van der Waals surface area contributed by atoms with Gasteiger partial charge in [-0.2, -0.15) is 0 Å². The van der Waals surface area contributed by atoms with Crippen LogP contribution in [-0.4, -0.2) is 48.1 Å². The first-order valence-electron chi connectivity index (χ1n) is 11.0. The van der Waals surface area contributed by atoms with Crippen LogP contribution in [0.15, 0.2) is 66.7 Å². The molecule has 1 amide bonds. The van der Waals surface area contributed by atoms with Gasteiger partial charge >= 0.3 is 6.09 Å². The summed E-state index contributed by atoms with van der Waals surface area (Å²) in [4.78, 5) is 34.3. The molecule has 0 saturated carbocycles. The van der Waals surface area contributed by atoms with Gasteiger partial charge in [0, 0.05) is 23.6 Å². The number of hydrogen-bond acceptors (Lipinski definition) is 6. The Hall–Kier alpha value is -3.81. The number of amides is 1. The molecule has 0 heterocycles. The lowest BCUT2D eigenvalue weighted by molar-refractivity contribution is 0.0136. The van der Waals surface area contributed by atoms with E-state index in [4.69, 9.17) is 4.74 Å². The van der Waals surface area contributed by atoms with Gasteiger partial charge in [0.25, 0.3) is 0 Å². The van der Waals surface area contributed by atoms with E-state index in [0.717, 1.165) is 22.3 Å². The van der Waals surface area contributed by atoms with E-state index in [1.165, 1.54) is 18.2 Å². The molecule has 3 aromatic carbocycles. The van der Waals surface area contributed by atoms with Gasteiger partial charge < -0.3 is 20.3 Å². The van der Waals surface area contributed by atoms with E-state index < -0.39 is 18.3 Å². The van der Waals surface area contributed by atoms with Crippen LogP contribution in [0.5, 0.6) is 0 Å². The number of hydrogen-bond donors (Lipinski definition) is 3. The van der Waals surface area contributed by atoms with E-state index in [2.05, 4.69) is 17.4 Å². The van der Waals surface area contributed by atoms with Gasteiger partial charge in [0.15, 0.2) is 0 Å². The van der Waals surface area contributed by atoms with E-state index in [1.807, 2.05) is 36.4 Å². The van der Waals surface area contributed by atoms with E-state index in [1.54, 1.807) is 0 Å². The van der Waals surface area contributed by atoms with Crippen molar-refractivity contribution < 1.29 is 29.3 Å². The lowest BCUT2D eigenvalue weighted by atomic mass is 9.98. The van der Waals surface area contributed by atoms with Crippen molar-refractivity contribution in [3.63, 3.8) is 0 Å². The van der Waals surface area contributed by atoms with Crippen molar-refractivity contribution in [2.75, 3.05) is 13.2 Å². The van der Waals surface area contributed by atoms with Crippen LogP contribution >= 0.6 is 0 Å². The van der Waals surface area contributed by atoms with Gasteiger partial charge in [-0.15, -0.1) is 0 Å². The van der Waals surface area contributed by atoms with E-state index in [-0.39, 0.29) is 42.2 Å². The minimum absolute atomic E-state index is 0.0487. The molecule has 2 unspecified atom stereocenters. The Morgan fingerprint density at radius 1 is 0.912 bits per heavy atom. The summed E-state index contributed by atoms with van der Waals surface area (Å²) in [5.41, 5.74) is 5.20. The predicted octanol–water partition coefficient (Wildman–Crippen LogP) is 3.63. The zero-order valence-corrected chi connectivity index (χ0v) is 18.4. The zero-order valence-electron chi connectivity index (χ0n) is 18.4. The fourth-order valence-electron chi connectivity index (χ4n) is 4.36. The number of fused-ring (bicyclic) bond motifs is 3. The molecular formula is C27H25NO6. The molecule has 1 aliphatic carbocycles. The quantitative estimate of drug-likeness (QED) is 0.421. The Labute approximate surface area is 197 Å². The molecule has 3 aromatic rings. The van der Waals surface area contributed by atoms with Crippen LogP contribution in [0.2, 0.25) is 0 Å². The highest BCUT2D eigenvalue weighted by Crippen LogP contribution is 2.44. The monoisotopic (exact) mass is 459 g/mol. The maximum Gasteiger partial charge on any atom is 0.407 e. The van der Waals surface area contributed by atoms with Gasteiger partial charge in [0.05, 0.1) is 6.10 Å². The van der Waals surface area contributed by atoms with Crippen LogP contribution in [0.3, 0.4) is 0 Å². The SMILES string of the molecule is O=Cc1cc(C=O)cc(C(O)C(O)CCNC(=O)OCC2c3ccccc3-c3ccccc32)c1. The fraction of sp³-hybridized carbons (Fsp3) is 0.222. The van der Waals surface area contributed by atoms with Crippen molar-refractivity contribution in [2.24, 2.45) is 0 Å². The summed E-state index contributed by atoms with van der Waals surface area (Å²) in [5, 5.41) is 23.3. The summed E-state index contributed by atoms with van der Waals surface area (Å²) < 4.78 is 5.46. The largest absolute Gasteiger partial charge is 0.449 e. The first-order valence-corrected chi connectivity index (χ1v) is 11.0. The number of carbonyl (C=O) groups is 3. The van der Waals surface area contributed by atoms with Crippen LogP contribution < -0.4 is 5.32 Å². The minimum atomic E-state index is -1.32. The zero-order chi connectivity index (χ0) is 24.1. The third-order valence-corrected chi connectivity index (χ3v) is 6.03. The van der Waals surface area contributed by atoms with Gasteiger partial charge in [-0.25, -0.2) is 4.79 Å². The topological polar surface area (TPSA) is 113 Å². The standard InChI is InChI=1S/C27H25NO6/c29-14-17-11-18(15-30)13-19(12-17)26(32)25(31)9-10-28-27(33)34-16-24-22-7-3-1-5-20(22)21-6-2-4-8-23(21)24/h1-8,11-15,24-26,31-32H,9-10,16H2,(H,28,33). The Morgan fingerprint density at radius 3 is 2.03 bits per heavy atom. The molecule has 7 heteroatoms. The third kappa shape index (κ3) is 4.90. The second-order valence-corrected chi connectivity index (χ2v) is 8.22. The van der Waals surface area contributed by atoms with Crippen LogP contribution in [0.4, 0.5) is 4.79 Å². The number of ether oxygens (including phenoxy) is 1. The van der Waals surface area contributed by atoms with Gasteiger partial charge in [-0.3, -0.25) is 9.59 Å². The summed E-state index contributed by atoms with van der Waals surface area (Å²) in [6.07, 6.45) is -1.97. The Morgan fingerprint density at radius 2 is 1.47 bits per heavy atom. The van der Waals surface area contributed by atoms with Crippen LogP contribution in [-0.2, 0) is 4.74 Å². The Kier molecular flexibility index (Phi) is 7.15. The molecule has 0 aliphatic heterocycles. The van der Waals surface area contributed by atoms with Crippen molar-refractivity contribution in [2.45, 2.75) is 24.5 Å². The maximum absolute atomic E-state index is 12.3. The molecule has 34 heavy (non-hydrogen) atoms. The number of alkyl carbamates (subject to hydrolysis) is 1. The molecule has 0 saturated heterocycles. The average molecular weight is 459 g/mol. The molecule has 3 N–H and O–H groups in total. The van der Waals surface area contributed by atoms with Gasteiger partial charge in [0.1, 0.15) is 25.3 Å². The smallest absolute Gasteiger partial charge is 0.407 e. The number of aldehydes is 2. The van der Waals surface area contributed by atoms with Crippen molar-refractivity contribution in [3.05, 3.63) is 94.5 Å². The Bertz CT molecular complexity index is 1140. The van der Waals surface area contributed by atoms with Crippen LogP contribution in [0.1, 0.15) is 55.8 Å². The maximum atomic E-state index is 12.3. The third-order valence-electron chi connectivity index (χ3n) is 6.03. The number of carbonyl (C=O) groups excluding carboxylic acids is 3. The number of benzene rings is 3. The first kappa shape index (κ1) is 23.4. The molecule has 174 valence electrons. The van der Waals surface area contributed by atoms with E-state index >= 15 is 0 Å². The predicted molar refractivity (Wildman–Crippen MR) is 126 cm³/mol. The normalized spacial score (nSPS) is 13.9. The molecule has 0 radical (unpaired) electrons. The van der Waals surface area contributed by atoms with Crippen LogP contribution in [0.25, 0.3) is 11.1 Å². The van der Waals surface area contributed by atoms with Gasteiger partial charge in [0.2, 0.25) is 0 Å². The van der Waals surface area contributed by atoms with Gasteiger partial charge in [-0.05, 0) is 52.4 Å². The average Bonchev–Trinajstić information content (AvgIpc) is 3.20. The highest BCUT2D eigenvalue weighted by atomic mass is 16.5. The fourth-order valence-corrected chi connectivity index (χ4v) is 4.36. The second-order valence-electron chi connectivity index (χ2n) is 8.22. The molecule has 0 spiro atoms. The molecule has 0 fully saturated rings. The summed E-state index contributed by atoms with van der Waals surface area (Å²) in [6.45, 7) is 0.251. The van der Waals surface area contributed by atoms with Crippen molar-refractivity contribution >= 4 is 18.7 Å². The molecule has 1 aliphatic rings.